The molecule has 106 valence electrons. The summed E-state index contributed by atoms with van der Waals surface area (Å²) in [6.07, 6.45) is 1.78. The van der Waals surface area contributed by atoms with Crippen molar-refractivity contribution in [3.05, 3.63) is 70.8 Å². The van der Waals surface area contributed by atoms with Crippen LogP contribution < -0.4 is 5.32 Å². The van der Waals surface area contributed by atoms with Crippen molar-refractivity contribution in [1.29, 1.82) is 0 Å². The van der Waals surface area contributed by atoms with E-state index in [2.05, 4.69) is 26.2 Å². The molecule has 0 aliphatic rings. The molecule has 4 heteroatoms. The number of aliphatic hydroxyl groups excluding tert-OH is 1. The summed E-state index contributed by atoms with van der Waals surface area (Å²) in [6.45, 7) is 0.0296. The molecule has 0 spiro atoms. The summed E-state index contributed by atoms with van der Waals surface area (Å²) >= 11 is 3.49. The molecule has 2 aromatic carbocycles. The minimum absolute atomic E-state index is 0.0296. The number of aliphatic hydroxyl groups is 1. The third-order valence-corrected chi connectivity index (χ3v) is 3.91. The molecule has 1 heterocycles. The largest absolute Gasteiger partial charge is 0.394 e. The first kappa shape index (κ1) is 14.0. The first-order chi connectivity index (χ1) is 10.3. The van der Waals surface area contributed by atoms with Crippen LogP contribution in [0.2, 0.25) is 0 Å². The van der Waals surface area contributed by atoms with Crippen molar-refractivity contribution in [2.45, 2.75) is 6.04 Å². The van der Waals surface area contributed by atoms with E-state index < -0.39 is 0 Å². The van der Waals surface area contributed by atoms with E-state index in [0.29, 0.717) is 0 Å². The van der Waals surface area contributed by atoms with E-state index in [9.17, 15) is 5.11 Å². The Hall–Kier alpha value is -1.91. The third-order valence-electron chi connectivity index (χ3n) is 3.42. The molecule has 0 saturated carbocycles. The van der Waals surface area contributed by atoms with Crippen LogP contribution in [0.5, 0.6) is 0 Å². The van der Waals surface area contributed by atoms with Crippen molar-refractivity contribution in [2.24, 2.45) is 0 Å². The average Bonchev–Trinajstić information content (AvgIpc) is 2.53. The second-order valence-corrected chi connectivity index (χ2v) is 5.73. The van der Waals surface area contributed by atoms with Gasteiger partial charge in [0.2, 0.25) is 0 Å². The second-order valence-electron chi connectivity index (χ2n) is 4.81. The lowest BCUT2D eigenvalue weighted by atomic mass is 10.1. The summed E-state index contributed by atoms with van der Waals surface area (Å²) in [5, 5.41) is 14.1. The zero-order chi connectivity index (χ0) is 14.7. The van der Waals surface area contributed by atoms with Gasteiger partial charge in [0.25, 0.3) is 0 Å². The molecule has 3 nitrogen and oxygen atoms in total. The Morgan fingerprint density at radius 2 is 1.90 bits per heavy atom. The van der Waals surface area contributed by atoms with Crippen LogP contribution in [0.3, 0.4) is 0 Å². The summed E-state index contributed by atoms with van der Waals surface area (Å²) in [5.74, 6) is 0. The van der Waals surface area contributed by atoms with Crippen LogP contribution in [0.4, 0.5) is 5.69 Å². The molecular formula is C17H15BrN2O. The van der Waals surface area contributed by atoms with E-state index >= 15 is 0 Å². The molecule has 1 unspecified atom stereocenters. The zero-order valence-electron chi connectivity index (χ0n) is 11.3. The minimum atomic E-state index is -0.143. The Balaban J connectivity index is 1.99. The highest BCUT2D eigenvalue weighted by Gasteiger charge is 2.11. The molecule has 2 N–H and O–H groups in total. The van der Waals surface area contributed by atoms with Crippen LogP contribution in [0.15, 0.2) is 65.3 Å². The molecule has 0 radical (unpaired) electrons. The van der Waals surface area contributed by atoms with Crippen LogP contribution in [-0.4, -0.2) is 16.7 Å². The molecule has 1 atom stereocenters. The fraction of sp³-hybridized carbons (Fsp3) is 0.118. The van der Waals surface area contributed by atoms with Gasteiger partial charge >= 0.3 is 0 Å². The van der Waals surface area contributed by atoms with Gasteiger partial charge in [0.1, 0.15) is 0 Å². The van der Waals surface area contributed by atoms with E-state index in [1.165, 1.54) is 0 Å². The second kappa shape index (κ2) is 6.24. The first-order valence-electron chi connectivity index (χ1n) is 6.74. The van der Waals surface area contributed by atoms with Crippen LogP contribution in [0, 0.1) is 0 Å². The number of rotatable bonds is 4. The van der Waals surface area contributed by atoms with Gasteiger partial charge < -0.3 is 10.4 Å². The predicted octanol–water partition coefficient (Wildman–Crippen LogP) is 4.14. The maximum absolute atomic E-state index is 9.68. The van der Waals surface area contributed by atoms with Gasteiger partial charge in [-0.25, -0.2) is 0 Å². The van der Waals surface area contributed by atoms with Crippen LogP contribution in [-0.2, 0) is 0 Å². The summed E-state index contributed by atoms with van der Waals surface area (Å²) in [7, 11) is 0. The molecule has 0 aliphatic heterocycles. The summed E-state index contributed by atoms with van der Waals surface area (Å²) < 4.78 is 1.01. The van der Waals surface area contributed by atoms with Crippen molar-refractivity contribution in [2.75, 3.05) is 11.9 Å². The normalized spacial score (nSPS) is 12.3. The fourth-order valence-electron chi connectivity index (χ4n) is 2.35. The highest BCUT2D eigenvalue weighted by Crippen LogP contribution is 2.28. The lowest BCUT2D eigenvalue weighted by Crippen LogP contribution is -2.15. The highest BCUT2D eigenvalue weighted by atomic mass is 79.9. The molecule has 3 rings (SSSR count). The Morgan fingerprint density at radius 1 is 1.10 bits per heavy atom. The Labute approximate surface area is 131 Å². The molecule has 0 aliphatic carbocycles. The molecule has 3 aromatic rings. The zero-order valence-corrected chi connectivity index (χ0v) is 12.9. The summed E-state index contributed by atoms with van der Waals surface area (Å²) in [6, 6.07) is 17.7. The maximum atomic E-state index is 9.68. The average molecular weight is 343 g/mol. The Bertz CT molecular complexity index is 746. The number of anilines is 1. The van der Waals surface area contributed by atoms with Gasteiger partial charge in [-0.2, -0.15) is 0 Å². The smallest absolute Gasteiger partial charge is 0.0745 e. The van der Waals surface area contributed by atoms with Gasteiger partial charge in [-0.3, -0.25) is 4.98 Å². The van der Waals surface area contributed by atoms with Crippen molar-refractivity contribution >= 4 is 32.5 Å². The first-order valence-corrected chi connectivity index (χ1v) is 7.54. The van der Waals surface area contributed by atoms with Gasteiger partial charge in [-0.05, 0) is 29.8 Å². The van der Waals surface area contributed by atoms with Crippen molar-refractivity contribution < 1.29 is 5.11 Å². The molecular weight excluding hydrogens is 328 g/mol. The quantitative estimate of drug-likeness (QED) is 0.748. The van der Waals surface area contributed by atoms with Crippen molar-refractivity contribution in [1.82, 2.24) is 4.98 Å². The van der Waals surface area contributed by atoms with Crippen LogP contribution in [0.1, 0.15) is 11.6 Å². The van der Waals surface area contributed by atoms with Crippen molar-refractivity contribution in [3.63, 3.8) is 0 Å². The van der Waals surface area contributed by atoms with E-state index in [4.69, 9.17) is 0 Å². The maximum Gasteiger partial charge on any atom is 0.0745 e. The molecule has 0 amide bonds. The van der Waals surface area contributed by atoms with Crippen LogP contribution in [0.25, 0.3) is 10.9 Å². The minimum Gasteiger partial charge on any atom is -0.394 e. The number of aromatic nitrogens is 1. The number of pyridine rings is 1. The molecule has 1 aromatic heterocycles. The predicted molar refractivity (Wildman–Crippen MR) is 89.3 cm³/mol. The lowest BCUT2D eigenvalue weighted by Gasteiger charge is -2.19. The standard InChI is InChI=1S/C17H15BrN2O/c18-13-6-7-15-14(10-13)16(8-9-19-15)20-17(11-21)12-4-2-1-3-5-12/h1-10,17,21H,11H2,(H,19,20). The molecule has 21 heavy (non-hydrogen) atoms. The van der Waals surface area contributed by atoms with Gasteiger partial charge in [-0.15, -0.1) is 0 Å². The summed E-state index contributed by atoms with van der Waals surface area (Å²) in [5.41, 5.74) is 2.94. The van der Waals surface area contributed by atoms with E-state index in [1.54, 1.807) is 6.20 Å². The van der Waals surface area contributed by atoms with Crippen molar-refractivity contribution in [3.8, 4) is 0 Å². The number of fused-ring (bicyclic) bond motifs is 1. The number of halogens is 1. The third kappa shape index (κ3) is 3.06. The Kier molecular flexibility index (Phi) is 4.18. The van der Waals surface area contributed by atoms with E-state index in [0.717, 1.165) is 26.6 Å². The van der Waals surface area contributed by atoms with E-state index in [1.807, 2.05) is 54.6 Å². The van der Waals surface area contributed by atoms with Gasteiger partial charge in [-0.1, -0.05) is 46.3 Å². The topological polar surface area (TPSA) is 45.1 Å². The fourth-order valence-corrected chi connectivity index (χ4v) is 2.71. The number of nitrogens with zero attached hydrogens (tertiary/aromatic N) is 1. The lowest BCUT2D eigenvalue weighted by molar-refractivity contribution is 0.276. The highest BCUT2D eigenvalue weighted by molar-refractivity contribution is 9.10. The SMILES string of the molecule is OCC(Nc1ccnc2ccc(Br)cc12)c1ccccc1. The monoisotopic (exact) mass is 342 g/mol. The number of hydrogen-bond acceptors (Lipinski definition) is 3. The van der Waals surface area contributed by atoms with Gasteiger partial charge in [0.15, 0.2) is 0 Å². The van der Waals surface area contributed by atoms with Crippen LogP contribution >= 0.6 is 15.9 Å². The summed E-state index contributed by atoms with van der Waals surface area (Å²) in [4.78, 5) is 4.37. The van der Waals surface area contributed by atoms with Gasteiger partial charge in [0, 0.05) is 21.7 Å². The number of benzene rings is 2. The molecule has 0 bridgehead atoms. The Morgan fingerprint density at radius 3 is 2.67 bits per heavy atom. The number of nitrogens with one attached hydrogen (secondary N) is 1. The van der Waals surface area contributed by atoms with E-state index in [-0.39, 0.29) is 12.6 Å². The molecule has 0 saturated heterocycles. The number of hydrogen-bond donors (Lipinski definition) is 2. The van der Waals surface area contributed by atoms with Gasteiger partial charge in [0.05, 0.1) is 18.2 Å². The molecule has 0 fully saturated rings.